The van der Waals surface area contributed by atoms with Gasteiger partial charge in [-0.3, -0.25) is 4.79 Å². The molecule has 2 heterocycles. The monoisotopic (exact) mass is 350 g/mol. The maximum Gasteiger partial charge on any atom is 0.341 e. The molecule has 3 rings (SSSR count). The predicted molar refractivity (Wildman–Crippen MR) is 89.5 cm³/mol. The molecule has 1 amide bonds. The zero-order chi connectivity index (χ0) is 16.4. The topological polar surface area (TPSA) is 68.3 Å². The van der Waals surface area contributed by atoms with Gasteiger partial charge in [0.25, 0.3) is 5.91 Å². The Morgan fingerprint density at radius 2 is 2.13 bits per heavy atom. The van der Waals surface area contributed by atoms with Crippen molar-refractivity contribution in [2.24, 2.45) is 0 Å². The van der Waals surface area contributed by atoms with Crippen molar-refractivity contribution in [1.29, 1.82) is 0 Å². The zero-order valence-electron chi connectivity index (χ0n) is 12.5. The molecule has 2 aromatic heterocycles. The molecule has 0 atom stereocenters. The van der Waals surface area contributed by atoms with Crippen LogP contribution in [0.4, 0.5) is 5.00 Å². The number of amides is 1. The molecule has 1 aliphatic carbocycles. The number of aryl methyl sites for hydroxylation is 1. The van der Waals surface area contributed by atoms with E-state index in [1.54, 1.807) is 12.1 Å². The molecule has 120 valence electrons. The third-order valence-corrected chi connectivity index (χ3v) is 5.30. The second-order valence-corrected chi connectivity index (χ2v) is 6.67. The van der Waals surface area contributed by atoms with Gasteiger partial charge in [0.2, 0.25) is 0 Å². The Morgan fingerprint density at radius 1 is 1.35 bits per heavy atom. The highest BCUT2D eigenvalue weighted by Crippen LogP contribution is 2.38. The van der Waals surface area contributed by atoms with Gasteiger partial charge in [0.05, 0.1) is 18.2 Å². The third kappa shape index (κ3) is 3.09. The first-order valence-corrected chi connectivity index (χ1v) is 8.46. The number of nitrogens with zero attached hydrogens (tertiary/aromatic N) is 1. The van der Waals surface area contributed by atoms with Crippen LogP contribution in [0.5, 0.6) is 0 Å². The number of hydrogen-bond donors (Lipinski definition) is 1. The Labute approximate surface area is 142 Å². The minimum absolute atomic E-state index is 0.130. The predicted octanol–water partition coefficient (Wildman–Crippen LogP) is 3.71. The van der Waals surface area contributed by atoms with Gasteiger partial charge >= 0.3 is 5.97 Å². The summed E-state index contributed by atoms with van der Waals surface area (Å²) in [5, 5.41) is 3.45. The van der Waals surface area contributed by atoms with Crippen LogP contribution in [-0.4, -0.2) is 24.0 Å². The van der Waals surface area contributed by atoms with E-state index in [1.807, 2.05) is 0 Å². The van der Waals surface area contributed by atoms with E-state index >= 15 is 0 Å². The number of halogens is 1. The second-order valence-electron chi connectivity index (χ2n) is 5.20. The number of methoxy groups -OCH3 is 1. The van der Waals surface area contributed by atoms with Crippen molar-refractivity contribution in [2.75, 3.05) is 12.4 Å². The Bertz CT molecular complexity index is 773. The van der Waals surface area contributed by atoms with Gasteiger partial charge in [0.15, 0.2) is 0 Å². The first-order valence-electron chi connectivity index (χ1n) is 7.26. The molecule has 0 unspecified atom stereocenters. The molecule has 2 aromatic rings. The smallest absolute Gasteiger partial charge is 0.341 e. The molecule has 0 saturated carbocycles. The minimum Gasteiger partial charge on any atom is -0.465 e. The van der Waals surface area contributed by atoms with Crippen molar-refractivity contribution < 1.29 is 14.3 Å². The summed E-state index contributed by atoms with van der Waals surface area (Å²) in [6, 6.07) is 3.23. The van der Waals surface area contributed by atoms with E-state index in [0.29, 0.717) is 10.6 Å². The molecule has 5 nitrogen and oxygen atoms in total. The number of thiophene rings is 1. The lowest BCUT2D eigenvalue weighted by Crippen LogP contribution is -2.15. The fraction of sp³-hybridized carbons (Fsp3) is 0.312. The van der Waals surface area contributed by atoms with E-state index in [9.17, 15) is 9.59 Å². The molecule has 23 heavy (non-hydrogen) atoms. The highest BCUT2D eigenvalue weighted by atomic mass is 35.5. The van der Waals surface area contributed by atoms with Crippen LogP contribution in [0.25, 0.3) is 0 Å². The van der Waals surface area contributed by atoms with Crippen LogP contribution < -0.4 is 5.32 Å². The van der Waals surface area contributed by atoms with Gasteiger partial charge in [-0.2, -0.15) is 0 Å². The lowest BCUT2D eigenvalue weighted by atomic mass is 9.95. The molecule has 0 aliphatic heterocycles. The number of carbonyl (C=O) groups is 2. The highest BCUT2D eigenvalue weighted by Gasteiger charge is 2.27. The molecule has 0 fully saturated rings. The van der Waals surface area contributed by atoms with Crippen LogP contribution in [0.2, 0.25) is 5.15 Å². The molecule has 0 aromatic carbocycles. The Hall–Kier alpha value is -1.92. The third-order valence-electron chi connectivity index (χ3n) is 3.79. The van der Waals surface area contributed by atoms with Gasteiger partial charge in [0, 0.05) is 11.1 Å². The number of hydrogen-bond acceptors (Lipinski definition) is 5. The van der Waals surface area contributed by atoms with Crippen LogP contribution in [0.1, 0.15) is 44.0 Å². The number of carbonyl (C=O) groups excluding carboxylic acids is 2. The largest absolute Gasteiger partial charge is 0.465 e. The maximum absolute atomic E-state index is 12.4. The lowest BCUT2D eigenvalue weighted by Gasteiger charge is -2.11. The summed E-state index contributed by atoms with van der Waals surface area (Å²) in [7, 11) is 1.35. The maximum atomic E-state index is 12.4. The summed E-state index contributed by atoms with van der Waals surface area (Å²) in [6.45, 7) is 0. The summed E-state index contributed by atoms with van der Waals surface area (Å²) < 4.78 is 4.89. The van der Waals surface area contributed by atoms with E-state index in [1.165, 1.54) is 24.6 Å². The van der Waals surface area contributed by atoms with E-state index < -0.39 is 5.97 Å². The molecule has 0 radical (unpaired) electrons. The molecular formula is C16H15ClN2O3S. The zero-order valence-corrected chi connectivity index (χ0v) is 14.1. The average Bonchev–Trinajstić information content (AvgIpc) is 2.92. The van der Waals surface area contributed by atoms with Crippen LogP contribution in [-0.2, 0) is 17.6 Å². The number of aromatic nitrogens is 1. The molecular weight excluding hydrogens is 336 g/mol. The van der Waals surface area contributed by atoms with Crippen LogP contribution in [0.3, 0.4) is 0 Å². The Balaban J connectivity index is 1.96. The number of ether oxygens (including phenoxy) is 1. The quantitative estimate of drug-likeness (QED) is 0.676. The number of esters is 1. The van der Waals surface area contributed by atoms with Gasteiger partial charge in [-0.1, -0.05) is 11.6 Å². The molecule has 1 aliphatic rings. The van der Waals surface area contributed by atoms with Crippen LogP contribution >= 0.6 is 22.9 Å². The van der Waals surface area contributed by atoms with Crippen molar-refractivity contribution in [3.05, 3.63) is 45.1 Å². The summed E-state index contributed by atoms with van der Waals surface area (Å²) in [6.07, 6.45) is 5.40. The Kier molecular flexibility index (Phi) is 4.63. The van der Waals surface area contributed by atoms with Gasteiger partial charge in [-0.25, -0.2) is 9.78 Å². The first-order chi connectivity index (χ1) is 11.1. The molecule has 0 spiro atoms. The van der Waals surface area contributed by atoms with E-state index in [2.05, 4.69) is 10.3 Å². The number of rotatable bonds is 3. The van der Waals surface area contributed by atoms with Crippen LogP contribution in [0.15, 0.2) is 18.3 Å². The van der Waals surface area contributed by atoms with Crippen LogP contribution in [0, 0.1) is 0 Å². The van der Waals surface area contributed by atoms with Gasteiger partial charge in [0.1, 0.15) is 10.2 Å². The van der Waals surface area contributed by atoms with Crippen molar-refractivity contribution in [2.45, 2.75) is 25.7 Å². The number of nitrogens with one attached hydrogen (secondary N) is 1. The van der Waals surface area contributed by atoms with E-state index in [4.69, 9.17) is 16.3 Å². The number of anilines is 1. The fourth-order valence-electron chi connectivity index (χ4n) is 2.70. The van der Waals surface area contributed by atoms with Gasteiger partial charge < -0.3 is 10.1 Å². The van der Waals surface area contributed by atoms with Gasteiger partial charge in [-0.05, 0) is 43.4 Å². The molecule has 0 bridgehead atoms. The van der Waals surface area contributed by atoms with Crippen molar-refractivity contribution in [3.8, 4) is 0 Å². The molecule has 1 N–H and O–H groups in total. The van der Waals surface area contributed by atoms with Crippen molar-refractivity contribution in [3.63, 3.8) is 0 Å². The SMILES string of the molecule is COC(=O)c1c(NC(=O)c2cccnc2Cl)sc2c1CCCC2. The normalized spacial score (nSPS) is 13.3. The summed E-state index contributed by atoms with van der Waals surface area (Å²) in [5.41, 5.74) is 1.75. The number of pyridine rings is 1. The molecule has 7 heteroatoms. The average molecular weight is 351 g/mol. The second kappa shape index (κ2) is 6.68. The lowest BCUT2D eigenvalue weighted by molar-refractivity contribution is 0.0601. The highest BCUT2D eigenvalue weighted by molar-refractivity contribution is 7.17. The standard InChI is InChI=1S/C16H15ClN2O3S/c1-22-16(21)12-9-5-2-3-7-11(9)23-15(12)19-14(20)10-6-4-8-18-13(10)17/h4,6,8H,2-3,5,7H2,1H3,(H,19,20). The van der Waals surface area contributed by atoms with Gasteiger partial charge in [-0.15, -0.1) is 11.3 Å². The fourth-order valence-corrected chi connectivity index (χ4v) is 4.18. The van der Waals surface area contributed by atoms with Crippen molar-refractivity contribution in [1.82, 2.24) is 4.98 Å². The summed E-state index contributed by atoms with van der Waals surface area (Å²) in [4.78, 5) is 29.6. The van der Waals surface area contributed by atoms with E-state index in [0.717, 1.165) is 36.1 Å². The molecule has 0 saturated heterocycles. The van der Waals surface area contributed by atoms with E-state index in [-0.39, 0.29) is 16.6 Å². The minimum atomic E-state index is -0.419. The first kappa shape index (κ1) is 16.0. The summed E-state index contributed by atoms with van der Waals surface area (Å²) >= 11 is 7.39. The summed E-state index contributed by atoms with van der Waals surface area (Å²) in [5.74, 6) is -0.802. The Morgan fingerprint density at radius 3 is 2.87 bits per heavy atom. The van der Waals surface area contributed by atoms with Crippen molar-refractivity contribution >= 4 is 39.8 Å². The number of fused-ring (bicyclic) bond motifs is 1.